The molecule has 1 aliphatic heterocycles. The highest BCUT2D eigenvalue weighted by atomic mass is 19.1. The third-order valence-corrected chi connectivity index (χ3v) is 5.56. The number of hydrogen-bond donors (Lipinski definition) is 2. The van der Waals surface area contributed by atoms with Gasteiger partial charge in [-0.1, -0.05) is 30.3 Å². The van der Waals surface area contributed by atoms with E-state index in [9.17, 15) is 14.0 Å². The summed E-state index contributed by atoms with van der Waals surface area (Å²) < 4.78 is 13.3. The van der Waals surface area contributed by atoms with Crippen LogP contribution in [-0.4, -0.2) is 52.3 Å². The number of nitrogens with zero attached hydrogens (tertiary/aromatic N) is 4. The summed E-state index contributed by atoms with van der Waals surface area (Å²) in [4.78, 5) is 26.4. The number of anilines is 1. The maximum Gasteiger partial charge on any atom is 0.269 e. The summed E-state index contributed by atoms with van der Waals surface area (Å²) in [6, 6.07) is 16.7. The fourth-order valence-electron chi connectivity index (χ4n) is 3.77. The predicted molar refractivity (Wildman–Crippen MR) is 124 cm³/mol. The molecule has 0 radical (unpaired) electrons. The van der Waals surface area contributed by atoms with E-state index >= 15 is 0 Å². The largest absolute Gasteiger partial charge is 0.368 e. The zero-order valence-corrected chi connectivity index (χ0v) is 18.2. The maximum atomic E-state index is 13.3. The van der Waals surface area contributed by atoms with Crippen LogP contribution >= 0.6 is 0 Å². The minimum absolute atomic E-state index is 0.108. The molecule has 0 spiro atoms. The lowest BCUT2D eigenvalue weighted by molar-refractivity contribution is -0.123. The molecular weight excluding hydrogens is 423 g/mol. The zero-order valence-electron chi connectivity index (χ0n) is 18.2. The van der Waals surface area contributed by atoms with E-state index in [-0.39, 0.29) is 18.0 Å². The average Bonchev–Trinajstić information content (AvgIpc) is 3.47. The number of aryl methyl sites for hydroxylation is 1. The normalized spacial score (nSPS) is 15.4. The molecule has 3 aromatic rings. The Labute approximate surface area is 190 Å². The lowest BCUT2D eigenvalue weighted by atomic mass is 10.1. The number of carbonyl (C=O) groups excluding carboxylic acids is 2. The summed E-state index contributed by atoms with van der Waals surface area (Å²) in [5.74, 6) is -1.26. The van der Waals surface area contributed by atoms with Crippen LogP contribution in [0.3, 0.4) is 0 Å². The van der Waals surface area contributed by atoms with Crippen LogP contribution in [0.5, 0.6) is 0 Å². The summed E-state index contributed by atoms with van der Waals surface area (Å²) in [6.45, 7) is 0.509. The Hall–Kier alpha value is -4.01. The van der Waals surface area contributed by atoms with Gasteiger partial charge in [-0.3, -0.25) is 19.7 Å². The number of rotatable bonds is 8. The van der Waals surface area contributed by atoms with Crippen molar-refractivity contribution in [2.45, 2.75) is 25.3 Å². The molecule has 1 atom stereocenters. The number of hydrogen-bond acceptors (Lipinski definition) is 5. The molecule has 1 aliphatic rings. The maximum absolute atomic E-state index is 13.3. The van der Waals surface area contributed by atoms with Crippen molar-refractivity contribution in [3.05, 3.63) is 72.2 Å². The highest BCUT2D eigenvalue weighted by Crippen LogP contribution is 2.25. The molecule has 2 heterocycles. The van der Waals surface area contributed by atoms with E-state index in [2.05, 4.69) is 15.3 Å². The highest BCUT2D eigenvalue weighted by molar-refractivity contribution is 6.40. The van der Waals surface area contributed by atoms with Gasteiger partial charge in [0.2, 0.25) is 5.91 Å². The van der Waals surface area contributed by atoms with Crippen LogP contribution < -0.4 is 10.7 Å². The van der Waals surface area contributed by atoms with E-state index in [4.69, 9.17) is 5.73 Å². The van der Waals surface area contributed by atoms with Crippen LogP contribution in [0, 0.1) is 5.82 Å². The summed E-state index contributed by atoms with van der Waals surface area (Å²) in [7, 11) is 1.70. The molecule has 0 fully saturated rings. The molecule has 33 heavy (non-hydrogen) atoms. The van der Waals surface area contributed by atoms with Gasteiger partial charge in [0.1, 0.15) is 17.6 Å². The molecule has 1 aromatic heterocycles. The molecule has 0 saturated heterocycles. The molecule has 2 amide bonds. The molecular formula is C24H25FN6O2. The van der Waals surface area contributed by atoms with Crippen molar-refractivity contribution in [2.75, 3.05) is 18.6 Å². The van der Waals surface area contributed by atoms with Gasteiger partial charge in [0.25, 0.3) is 5.91 Å². The number of carbonyl (C=O) groups is 2. The lowest BCUT2D eigenvalue weighted by Crippen LogP contribution is -2.40. The first kappa shape index (κ1) is 22.2. The Balaban J connectivity index is 1.35. The van der Waals surface area contributed by atoms with Crippen LogP contribution in [0.25, 0.3) is 11.3 Å². The molecule has 0 aliphatic carbocycles. The van der Waals surface area contributed by atoms with E-state index in [1.165, 1.54) is 29.3 Å². The van der Waals surface area contributed by atoms with E-state index in [1.54, 1.807) is 11.9 Å². The van der Waals surface area contributed by atoms with Crippen LogP contribution in [0.2, 0.25) is 0 Å². The second-order valence-electron chi connectivity index (χ2n) is 7.96. The van der Waals surface area contributed by atoms with Crippen LogP contribution in [-0.2, 0) is 16.0 Å². The van der Waals surface area contributed by atoms with Crippen molar-refractivity contribution in [1.29, 1.82) is 0 Å². The molecule has 9 heteroatoms. The van der Waals surface area contributed by atoms with Crippen molar-refractivity contribution in [1.82, 2.24) is 15.1 Å². The number of hydrazone groups is 1. The number of aromatic amines is 1. The van der Waals surface area contributed by atoms with Gasteiger partial charge in [-0.25, -0.2) is 4.39 Å². The van der Waals surface area contributed by atoms with Crippen molar-refractivity contribution < 1.29 is 14.0 Å². The summed E-state index contributed by atoms with van der Waals surface area (Å²) in [5.41, 5.74) is 9.18. The Morgan fingerprint density at radius 3 is 2.61 bits per heavy atom. The fourth-order valence-corrected chi connectivity index (χ4v) is 3.77. The standard InChI is InChI=1S/C24H25FN6O2/c1-30(13-5-8-18-14-20(28-27-18)16-6-3-2-4-7-16)24(33)21-15-22(23(26)32)31(29-21)19-11-9-17(25)10-12-19/h2-4,6-7,9-12,14,22H,5,8,13,15H2,1H3,(H2,26,32)(H,27,28). The molecule has 1 unspecified atom stereocenters. The lowest BCUT2D eigenvalue weighted by Gasteiger charge is -2.20. The van der Waals surface area contributed by atoms with E-state index in [1.807, 2.05) is 36.4 Å². The topological polar surface area (TPSA) is 108 Å². The predicted octanol–water partition coefficient (Wildman–Crippen LogP) is 2.73. The average molecular weight is 449 g/mol. The minimum Gasteiger partial charge on any atom is -0.368 e. The number of H-pyrrole nitrogens is 1. The van der Waals surface area contributed by atoms with Gasteiger partial charge in [0.05, 0.1) is 11.4 Å². The third-order valence-electron chi connectivity index (χ3n) is 5.56. The molecule has 8 nitrogen and oxygen atoms in total. The Morgan fingerprint density at radius 2 is 1.91 bits per heavy atom. The number of primary amides is 1. The first-order valence-electron chi connectivity index (χ1n) is 10.7. The van der Waals surface area contributed by atoms with Gasteiger partial charge < -0.3 is 10.6 Å². The Bertz CT molecular complexity index is 1160. The molecule has 0 saturated carbocycles. The Morgan fingerprint density at radius 1 is 1.18 bits per heavy atom. The number of halogens is 1. The number of aromatic nitrogens is 2. The first-order chi connectivity index (χ1) is 15.9. The zero-order chi connectivity index (χ0) is 23.4. The van der Waals surface area contributed by atoms with Crippen LogP contribution in [0.4, 0.5) is 10.1 Å². The van der Waals surface area contributed by atoms with Gasteiger partial charge in [-0.15, -0.1) is 0 Å². The molecule has 170 valence electrons. The third kappa shape index (κ3) is 5.08. The quantitative estimate of drug-likeness (QED) is 0.552. The summed E-state index contributed by atoms with van der Waals surface area (Å²) in [5, 5.41) is 13.1. The van der Waals surface area contributed by atoms with Crippen molar-refractivity contribution in [3.8, 4) is 11.3 Å². The molecule has 4 rings (SSSR count). The van der Waals surface area contributed by atoms with E-state index < -0.39 is 17.8 Å². The molecule has 0 bridgehead atoms. The van der Waals surface area contributed by atoms with Gasteiger partial charge >= 0.3 is 0 Å². The molecule has 3 N–H and O–H groups in total. The number of nitrogens with two attached hydrogens (primary N) is 1. The van der Waals surface area contributed by atoms with E-state index in [0.29, 0.717) is 12.2 Å². The number of nitrogens with one attached hydrogen (secondary N) is 1. The SMILES string of the molecule is CN(CCCc1cc(-c2ccccc2)n[nH]1)C(=O)C1=NN(c2ccc(F)cc2)C(C(N)=O)C1. The second-order valence-corrected chi connectivity index (χ2v) is 7.96. The minimum atomic E-state index is -0.788. The Kier molecular flexibility index (Phi) is 6.48. The first-order valence-corrected chi connectivity index (χ1v) is 10.7. The van der Waals surface area contributed by atoms with Crippen molar-refractivity contribution >= 4 is 23.2 Å². The van der Waals surface area contributed by atoms with Gasteiger partial charge in [0.15, 0.2) is 0 Å². The number of amides is 2. The van der Waals surface area contributed by atoms with Crippen LogP contribution in [0.1, 0.15) is 18.5 Å². The molecule has 2 aromatic carbocycles. The summed E-state index contributed by atoms with van der Waals surface area (Å²) >= 11 is 0. The van der Waals surface area contributed by atoms with Crippen molar-refractivity contribution in [2.24, 2.45) is 10.8 Å². The monoisotopic (exact) mass is 448 g/mol. The van der Waals surface area contributed by atoms with Crippen LogP contribution in [0.15, 0.2) is 65.8 Å². The van der Waals surface area contributed by atoms with E-state index in [0.717, 1.165) is 29.8 Å². The van der Waals surface area contributed by atoms with Crippen molar-refractivity contribution in [3.63, 3.8) is 0 Å². The van der Waals surface area contributed by atoms with Gasteiger partial charge in [-0.2, -0.15) is 10.2 Å². The second kappa shape index (κ2) is 9.64. The number of benzene rings is 2. The summed E-state index contributed by atoms with van der Waals surface area (Å²) in [6.07, 6.45) is 1.57. The van der Waals surface area contributed by atoms with Gasteiger partial charge in [0, 0.05) is 31.3 Å². The smallest absolute Gasteiger partial charge is 0.269 e. The van der Waals surface area contributed by atoms with Gasteiger partial charge in [-0.05, 0) is 43.2 Å². The fraction of sp³-hybridized carbons (Fsp3) is 0.250. The highest BCUT2D eigenvalue weighted by Gasteiger charge is 2.35.